The van der Waals surface area contributed by atoms with E-state index in [1.165, 1.54) is 193 Å². The highest BCUT2D eigenvalue weighted by Crippen LogP contribution is 2.17. The predicted molar refractivity (Wildman–Crippen MR) is 241 cm³/mol. The third-order valence-corrected chi connectivity index (χ3v) is 11.9. The maximum atomic E-state index is 12.4. The highest BCUT2D eigenvalue weighted by Gasteiger charge is 2.20. The monoisotopic (exact) mass is 794 g/mol. The Morgan fingerprint density at radius 1 is 0.429 bits per heavy atom. The Balaban J connectivity index is 3.45. The SMILES string of the molecule is CCCCCCCCCCCCCCCCCC(O)C(CO)NC(=O)CCCCCCCCCCCCCCOC(=O)CCCCCCCCCCCCCC. The molecule has 0 aliphatic heterocycles. The molecule has 0 radical (unpaired) electrons. The lowest BCUT2D eigenvalue weighted by atomic mass is 10.0. The molecule has 0 aromatic carbocycles. The van der Waals surface area contributed by atoms with Gasteiger partial charge in [0.25, 0.3) is 0 Å². The zero-order valence-electron chi connectivity index (χ0n) is 37.9. The first-order valence-electron chi connectivity index (χ1n) is 25.3. The minimum Gasteiger partial charge on any atom is -0.466 e. The van der Waals surface area contributed by atoms with E-state index in [9.17, 15) is 19.8 Å². The first kappa shape index (κ1) is 54.9. The second-order valence-electron chi connectivity index (χ2n) is 17.5. The van der Waals surface area contributed by atoms with E-state index in [2.05, 4.69) is 19.2 Å². The van der Waals surface area contributed by atoms with Crippen molar-refractivity contribution in [1.29, 1.82) is 0 Å². The van der Waals surface area contributed by atoms with Crippen LogP contribution in [-0.2, 0) is 14.3 Å². The van der Waals surface area contributed by atoms with Gasteiger partial charge in [0.1, 0.15) is 0 Å². The van der Waals surface area contributed by atoms with Gasteiger partial charge in [-0.15, -0.1) is 0 Å². The molecule has 0 saturated heterocycles. The van der Waals surface area contributed by atoms with Crippen molar-refractivity contribution in [2.24, 2.45) is 0 Å². The highest BCUT2D eigenvalue weighted by molar-refractivity contribution is 5.76. The van der Waals surface area contributed by atoms with Gasteiger partial charge < -0.3 is 20.3 Å². The Bertz CT molecular complexity index is 791. The van der Waals surface area contributed by atoms with Gasteiger partial charge in [0, 0.05) is 12.8 Å². The molecule has 1 amide bonds. The molecule has 3 N–H and O–H groups in total. The van der Waals surface area contributed by atoms with Crippen molar-refractivity contribution < 1.29 is 24.5 Å². The van der Waals surface area contributed by atoms with E-state index < -0.39 is 12.1 Å². The zero-order valence-corrected chi connectivity index (χ0v) is 37.9. The van der Waals surface area contributed by atoms with Gasteiger partial charge in [-0.2, -0.15) is 0 Å². The third-order valence-electron chi connectivity index (χ3n) is 11.9. The largest absolute Gasteiger partial charge is 0.466 e. The molecule has 56 heavy (non-hydrogen) atoms. The van der Waals surface area contributed by atoms with Gasteiger partial charge in [0.15, 0.2) is 0 Å². The summed E-state index contributed by atoms with van der Waals surface area (Å²) in [6.07, 6.45) is 50.6. The summed E-state index contributed by atoms with van der Waals surface area (Å²) in [4.78, 5) is 24.4. The van der Waals surface area contributed by atoms with Crippen LogP contribution in [0.15, 0.2) is 0 Å². The quantitative estimate of drug-likeness (QED) is 0.0421. The van der Waals surface area contributed by atoms with Crippen molar-refractivity contribution in [3.8, 4) is 0 Å². The first-order valence-corrected chi connectivity index (χ1v) is 25.3. The van der Waals surface area contributed by atoms with E-state index in [0.717, 1.165) is 57.8 Å². The molecule has 6 nitrogen and oxygen atoms in total. The molecule has 0 bridgehead atoms. The summed E-state index contributed by atoms with van der Waals surface area (Å²) in [5.74, 6) is -0.0565. The highest BCUT2D eigenvalue weighted by atomic mass is 16.5. The average molecular weight is 794 g/mol. The van der Waals surface area contributed by atoms with E-state index in [4.69, 9.17) is 4.74 Å². The Hall–Kier alpha value is -1.14. The maximum Gasteiger partial charge on any atom is 0.305 e. The van der Waals surface area contributed by atoms with Crippen LogP contribution < -0.4 is 5.32 Å². The van der Waals surface area contributed by atoms with Crippen molar-refractivity contribution in [1.82, 2.24) is 5.32 Å². The fraction of sp³-hybridized carbons (Fsp3) is 0.960. The third kappa shape index (κ3) is 42.5. The molecular weight excluding hydrogens is 695 g/mol. The molecule has 2 unspecified atom stereocenters. The summed E-state index contributed by atoms with van der Waals surface area (Å²) in [5, 5.41) is 23.2. The van der Waals surface area contributed by atoms with E-state index in [0.29, 0.717) is 25.9 Å². The number of hydrogen-bond donors (Lipinski definition) is 3. The van der Waals surface area contributed by atoms with E-state index in [1.807, 2.05) is 0 Å². The molecule has 0 aromatic heterocycles. The molecule has 334 valence electrons. The van der Waals surface area contributed by atoms with Crippen LogP contribution in [0.25, 0.3) is 0 Å². The maximum absolute atomic E-state index is 12.4. The van der Waals surface area contributed by atoms with E-state index in [1.54, 1.807) is 0 Å². The van der Waals surface area contributed by atoms with E-state index in [-0.39, 0.29) is 18.5 Å². The van der Waals surface area contributed by atoms with Crippen LogP contribution in [0.2, 0.25) is 0 Å². The molecular formula is C50H99NO5. The van der Waals surface area contributed by atoms with Gasteiger partial charge in [-0.3, -0.25) is 9.59 Å². The van der Waals surface area contributed by atoms with Crippen LogP contribution in [0.3, 0.4) is 0 Å². The summed E-state index contributed by atoms with van der Waals surface area (Å²) >= 11 is 0. The van der Waals surface area contributed by atoms with Gasteiger partial charge in [0.05, 0.1) is 25.4 Å². The standard InChI is InChI=1S/C50H99NO5/c1-3-5-7-9-11-13-15-17-18-19-22-26-30-34-38-42-48(53)47(46-52)51-49(54)43-39-35-31-27-23-20-21-25-29-33-37-41-45-56-50(55)44-40-36-32-28-24-16-14-12-10-8-6-4-2/h47-48,52-53H,3-46H2,1-2H3,(H,51,54). The molecule has 0 spiro atoms. The number of aliphatic hydroxyl groups is 2. The molecule has 0 heterocycles. The summed E-state index contributed by atoms with van der Waals surface area (Å²) < 4.78 is 5.45. The molecule has 0 fully saturated rings. The average Bonchev–Trinajstić information content (AvgIpc) is 3.20. The second kappa shape index (κ2) is 46.5. The van der Waals surface area contributed by atoms with Crippen LogP contribution >= 0.6 is 0 Å². The van der Waals surface area contributed by atoms with Crippen LogP contribution in [0.4, 0.5) is 0 Å². The van der Waals surface area contributed by atoms with Crippen molar-refractivity contribution in [2.75, 3.05) is 13.2 Å². The van der Waals surface area contributed by atoms with Crippen molar-refractivity contribution >= 4 is 11.9 Å². The van der Waals surface area contributed by atoms with Gasteiger partial charge in [0.2, 0.25) is 5.91 Å². The van der Waals surface area contributed by atoms with Crippen LogP contribution in [-0.4, -0.2) is 47.4 Å². The number of rotatable bonds is 47. The number of carbonyl (C=O) groups excluding carboxylic acids is 2. The molecule has 0 aliphatic carbocycles. The molecule has 0 rings (SSSR count). The van der Waals surface area contributed by atoms with Crippen molar-refractivity contribution in [2.45, 2.75) is 296 Å². The number of carbonyl (C=O) groups is 2. The van der Waals surface area contributed by atoms with Crippen molar-refractivity contribution in [3.63, 3.8) is 0 Å². The van der Waals surface area contributed by atoms with Gasteiger partial charge in [-0.05, 0) is 25.7 Å². The molecule has 2 atom stereocenters. The summed E-state index contributed by atoms with van der Waals surface area (Å²) in [5.41, 5.74) is 0. The van der Waals surface area contributed by atoms with Crippen LogP contribution in [0, 0.1) is 0 Å². The lowest BCUT2D eigenvalue weighted by Crippen LogP contribution is -2.45. The minimum atomic E-state index is -0.672. The summed E-state index contributed by atoms with van der Waals surface area (Å²) in [6.45, 7) is 4.93. The Morgan fingerprint density at radius 3 is 1.09 bits per heavy atom. The normalized spacial score (nSPS) is 12.6. The smallest absolute Gasteiger partial charge is 0.305 e. The Labute approximate surface area is 349 Å². The fourth-order valence-corrected chi connectivity index (χ4v) is 7.99. The number of nitrogens with one attached hydrogen (secondary N) is 1. The number of esters is 1. The number of aliphatic hydroxyl groups excluding tert-OH is 2. The second-order valence-corrected chi connectivity index (χ2v) is 17.5. The van der Waals surface area contributed by atoms with Gasteiger partial charge >= 0.3 is 5.97 Å². The van der Waals surface area contributed by atoms with E-state index >= 15 is 0 Å². The first-order chi connectivity index (χ1) is 27.5. The molecule has 0 aromatic rings. The number of unbranched alkanes of at least 4 members (excludes halogenated alkanes) is 36. The lowest BCUT2D eigenvalue weighted by Gasteiger charge is -2.22. The van der Waals surface area contributed by atoms with Gasteiger partial charge in [-0.25, -0.2) is 0 Å². The Morgan fingerprint density at radius 2 is 0.732 bits per heavy atom. The zero-order chi connectivity index (χ0) is 40.8. The topological polar surface area (TPSA) is 95.9 Å². The number of ether oxygens (including phenoxy) is 1. The molecule has 0 saturated carbocycles. The lowest BCUT2D eigenvalue weighted by molar-refractivity contribution is -0.143. The fourth-order valence-electron chi connectivity index (χ4n) is 7.99. The minimum absolute atomic E-state index is 0.00795. The summed E-state index contributed by atoms with van der Waals surface area (Å²) in [7, 11) is 0. The number of hydrogen-bond acceptors (Lipinski definition) is 5. The van der Waals surface area contributed by atoms with Gasteiger partial charge in [-0.1, -0.05) is 245 Å². The Kier molecular flexibility index (Phi) is 45.6. The van der Waals surface area contributed by atoms with Crippen molar-refractivity contribution in [3.05, 3.63) is 0 Å². The molecule has 6 heteroatoms. The number of amides is 1. The molecule has 0 aliphatic rings. The predicted octanol–water partition coefficient (Wildman–Crippen LogP) is 14.8. The summed E-state index contributed by atoms with van der Waals surface area (Å²) in [6, 6.07) is -0.550. The van der Waals surface area contributed by atoms with Crippen LogP contribution in [0.1, 0.15) is 284 Å². The van der Waals surface area contributed by atoms with Crippen LogP contribution in [0.5, 0.6) is 0 Å².